The first-order chi connectivity index (χ1) is 9.74. The van der Waals surface area contributed by atoms with Crippen molar-refractivity contribution < 1.29 is 4.42 Å². The zero-order valence-corrected chi connectivity index (χ0v) is 12.8. The molecule has 1 aromatic heterocycles. The van der Waals surface area contributed by atoms with E-state index in [1.165, 1.54) is 38.3 Å². The molecule has 2 heterocycles. The Balaban J connectivity index is 1.51. The Hall–Kier alpha value is -0.880. The van der Waals surface area contributed by atoms with Gasteiger partial charge < -0.3 is 14.6 Å². The van der Waals surface area contributed by atoms with Gasteiger partial charge in [-0.05, 0) is 20.2 Å². The Morgan fingerprint density at radius 1 is 1.15 bits per heavy atom. The van der Waals surface area contributed by atoms with Crippen molar-refractivity contribution in [3.05, 3.63) is 24.2 Å². The Morgan fingerprint density at radius 3 is 2.45 bits per heavy atom. The first-order valence-corrected chi connectivity index (χ1v) is 7.55. The van der Waals surface area contributed by atoms with E-state index in [1.807, 2.05) is 6.07 Å². The lowest BCUT2D eigenvalue weighted by atomic mass is 10.3. The van der Waals surface area contributed by atoms with Crippen molar-refractivity contribution in [2.75, 3.05) is 66.5 Å². The maximum atomic E-state index is 5.05. The Bertz CT molecular complexity index is 345. The van der Waals surface area contributed by atoms with E-state index in [4.69, 9.17) is 4.42 Å². The van der Waals surface area contributed by atoms with Gasteiger partial charge in [-0.15, -0.1) is 0 Å². The molecule has 0 bridgehead atoms. The van der Waals surface area contributed by atoms with Gasteiger partial charge in [0, 0.05) is 64.5 Å². The Labute approximate surface area is 122 Å². The molecule has 1 aliphatic heterocycles. The third-order valence-corrected chi connectivity index (χ3v) is 3.84. The van der Waals surface area contributed by atoms with Crippen molar-refractivity contribution in [3.63, 3.8) is 0 Å². The average molecular weight is 280 g/mol. The summed E-state index contributed by atoms with van der Waals surface area (Å²) >= 11 is 0. The third-order valence-electron chi connectivity index (χ3n) is 3.84. The summed E-state index contributed by atoms with van der Waals surface area (Å²) in [5.74, 6) is 0. The molecule has 20 heavy (non-hydrogen) atoms. The average Bonchev–Trinajstić information content (AvgIpc) is 2.96. The van der Waals surface area contributed by atoms with Gasteiger partial charge in [0.05, 0.1) is 12.5 Å². The number of nitrogens with one attached hydrogen (secondary N) is 1. The lowest BCUT2D eigenvalue weighted by Crippen LogP contribution is -2.49. The van der Waals surface area contributed by atoms with Crippen molar-refractivity contribution >= 4 is 0 Å². The summed E-state index contributed by atoms with van der Waals surface area (Å²) in [6, 6.07) is 2.01. The van der Waals surface area contributed by atoms with Crippen molar-refractivity contribution in [1.29, 1.82) is 0 Å². The first kappa shape index (κ1) is 15.5. The molecule has 5 heteroatoms. The van der Waals surface area contributed by atoms with Gasteiger partial charge in [0.2, 0.25) is 0 Å². The van der Waals surface area contributed by atoms with Gasteiger partial charge in [-0.25, -0.2) is 0 Å². The molecule has 1 N–H and O–H groups in total. The summed E-state index contributed by atoms with van der Waals surface area (Å²) in [7, 11) is 4.28. The third kappa shape index (κ3) is 5.63. The fourth-order valence-electron chi connectivity index (χ4n) is 2.44. The zero-order chi connectivity index (χ0) is 14.2. The van der Waals surface area contributed by atoms with Crippen LogP contribution in [-0.2, 0) is 6.54 Å². The molecule has 0 aromatic carbocycles. The number of furan rings is 1. The van der Waals surface area contributed by atoms with E-state index in [-0.39, 0.29) is 0 Å². The summed E-state index contributed by atoms with van der Waals surface area (Å²) < 4.78 is 5.05. The van der Waals surface area contributed by atoms with Crippen LogP contribution in [0.4, 0.5) is 0 Å². The number of hydrogen-bond acceptors (Lipinski definition) is 5. The van der Waals surface area contributed by atoms with Gasteiger partial charge in [-0.3, -0.25) is 9.80 Å². The highest BCUT2D eigenvalue weighted by Gasteiger charge is 2.15. The van der Waals surface area contributed by atoms with E-state index in [1.54, 1.807) is 12.5 Å². The number of piperazine rings is 1. The molecular weight excluding hydrogens is 252 g/mol. The highest BCUT2D eigenvalue weighted by atomic mass is 16.3. The topological polar surface area (TPSA) is 34.9 Å². The molecule has 0 amide bonds. The highest BCUT2D eigenvalue weighted by molar-refractivity contribution is 5.04. The second-order valence-electron chi connectivity index (χ2n) is 5.79. The summed E-state index contributed by atoms with van der Waals surface area (Å²) in [4.78, 5) is 7.37. The standard InChI is InChI=1S/C15H28N4O/c1-17(2)6-7-19-10-8-18(9-11-19)5-4-16-13-15-3-12-20-14-15/h3,12,14,16H,4-11,13H2,1-2H3. The van der Waals surface area contributed by atoms with Gasteiger partial charge >= 0.3 is 0 Å². The minimum atomic E-state index is 0.902. The first-order valence-electron chi connectivity index (χ1n) is 7.55. The normalized spacial score (nSPS) is 17.9. The van der Waals surface area contributed by atoms with Crippen LogP contribution in [0.15, 0.2) is 23.0 Å². The molecule has 0 atom stereocenters. The van der Waals surface area contributed by atoms with Crippen molar-refractivity contribution in [2.24, 2.45) is 0 Å². The van der Waals surface area contributed by atoms with Crippen LogP contribution in [0.25, 0.3) is 0 Å². The molecule has 114 valence electrons. The second-order valence-corrected chi connectivity index (χ2v) is 5.79. The quantitative estimate of drug-likeness (QED) is 0.704. The van der Waals surface area contributed by atoms with Gasteiger partial charge in [-0.2, -0.15) is 0 Å². The summed E-state index contributed by atoms with van der Waals surface area (Å²) in [5.41, 5.74) is 1.22. The monoisotopic (exact) mass is 280 g/mol. The van der Waals surface area contributed by atoms with E-state index in [9.17, 15) is 0 Å². The lowest BCUT2D eigenvalue weighted by Gasteiger charge is -2.35. The highest BCUT2D eigenvalue weighted by Crippen LogP contribution is 2.01. The molecule has 1 fully saturated rings. The van der Waals surface area contributed by atoms with Crippen LogP contribution in [0.5, 0.6) is 0 Å². The van der Waals surface area contributed by atoms with Crippen LogP contribution in [0, 0.1) is 0 Å². The molecule has 0 spiro atoms. The Kier molecular flexibility index (Phi) is 6.53. The van der Waals surface area contributed by atoms with Gasteiger partial charge in [-0.1, -0.05) is 0 Å². The molecule has 1 aromatic rings. The Morgan fingerprint density at radius 2 is 1.85 bits per heavy atom. The van der Waals surface area contributed by atoms with E-state index in [2.05, 4.69) is 34.1 Å². The smallest absolute Gasteiger partial charge is 0.0947 e. The van der Waals surface area contributed by atoms with Gasteiger partial charge in [0.25, 0.3) is 0 Å². The van der Waals surface area contributed by atoms with E-state index in [0.717, 1.165) is 26.2 Å². The van der Waals surface area contributed by atoms with E-state index < -0.39 is 0 Å². The molecule has 0 aliphatic carbocycles. The van der Waals surface area contributed by atoms with E-state index >= 15 is 0 Å². The summed E-state index contributed by atoms with van der Waals surface area (Å²) in [6.07, 6.45) is 3.53. The largest absolute Gasteiger partial charge is 0.472 e. The fourth-order valence-corrected chi connectivity index (χ4v) is 2.44. The van der Waals surface area contributed by atoms with Crippen molar-refractivity contribution in [1.82, 2.24) is 20.0 Å². The molecule has 1 aliphatic rings. The molecule has 0 unspecified atom stereocenters. The summed E-state index contributed by atoms with van der Waals surface area (Å²) in [6.45, 7) is 10.2. The van der Waals surface area contributed by atoms with Crippen LogP contribution in [0.2, 0.25) is 0 Å². The zero-order valence-electron chi connectivity index (χ0n) is 12.8. The van der Waals surface area contributed by atoms with Crippen LogP contribution in [-0.4, -0.2) is 81.2 Å². The maximum absolute atomic E-state index is 5.05. The van der Waals surface area contributed by atoms with Gasteiger partial charge in [0.15, 0.2) is 0 Å². The van der Waals surface area contributed by atoms with Crippen LogP contribution >= 0.6 is 0 Å². The molecule has 0 saturated carbocycles. The fraction of sp³-hybridized carbons (Fsp3) is 0.733. The SMILES string of the molecule is CN(C)CCN1CCN(CCNCc2ccoc2)CC1. The predicted octanol–water partition coefficient (Wildman–Crippen LogP) is 0.548. The predicted molar refractivity (Wildman–Crippen MR) is 81.8 cm³/mol. The lowest BCUT2D eigenvalue weighted by molar-refractivity contribution is 0.126. The van der Waals surface area contributed by atoms with Gasteiger partial charge in [0.1, 0.15) is 0 Å². The van der Waals surface area contributed by atoms with Crippen LogP contribution in [0.1, 0.15) is 5.56 Å². The molecule has 5 nitrogen and oxygen atoms in total. The summed E-state index contributed by atoms with van der Waals surface area (Å²) in [5, 5.41) is 3.46. The number of rotatable bonds is 8. The molecule has 2 rings (SSSR count). The van der Waals surface area contributed by atoms with E-state index in [0.29, 0.717) is 0 Å². The van der Waals surface area contributed by atoms with Crippen LogP contribution < -0.4 is 5.32 Å². The molecular formula is C15H28N4O. The minimum Gasteiger partial charge on any atom is -0.472 e. The number of likely N-dealkylation sites (N-methyl/N-ethyl adjacent to an activating group) is 1. The van der Waals surface area contributed by atoms with Crippen LogP contribution in [0.3, 0.4) is 0 Å². The second kappa shape index (κ2) is 8.42. The number of nitrogens with zero attached hydrogens (tertiary/aromatic N) is 3. The van der Waals surface area contributed by atoms with Crippen molar-refractivity contribution in [2.45, 2.75) is 6.54 Å². The minimum absolute atomic E-state index is 0.902. The molecule has 0 radical (unpaired) electrons. The van der Waals surface area contributed by atoms with Crippen molar-refractivity contribution in [3.8, 4) is 0 Å². The number of hydrogen-bond donors (Lipinski definition) is 1. The molecule has 1 saturated heterocycles. The maximum Gasteiger partial charge on any atom is 0.0947 e.